The van der Waals surface area contributed by atoms with Crippen LogP contribution in [-0.2, 0) is 4.74 Å². The Morgan fingerprint density at radius 1 is 1.24 bits per heavy atom. The van der Waals surface area contributed by atoms with E-state index in [0.29, 0.717) is 0 Å². The summed E-state index contributed by atoms with van der Waals surface area (Å²) in [5, 5.41) is 6.46. The lowest BCUT2D eigenvalue weighted by Gasteiger charge is -2.13. The SMILES string of the molecule is CCCNc1cc(NCC(C)OCC)ncn1. The van der Waals surface area contributed by atoms with Gasteiger partial charge in [-0.15, -0.1) is 0 Å². The standard InChI is InChI=1S/C12H22N4O/c1-4-6-13-11-7-12(16-9-15-11)14-8-10(3)17-5-2/h7,9-10H,4-6,8H2,1-3H3,(H2,13,14,15,16). The van der Waals surface area contributed by atoms with Crippen LogP contribution < -0.4 is 10.6 Å². The summed E-state index contributed by atoms with van der Waals surface area (Å²) in [5.41, 5.74) is 0. The van der Waals surface area contributed by atoms with Crippen molar-refractivity contribution in [3.63, 3.8) is 0 Å². The molecule has 1 unspecified atom stereocenters. The molecular weight excluding hydrogens is 216 g/mol. The quantitative estimate of drug-likeness (QED) is 0.726. The van der Waals surface area contributed by atoms with Crippen LogP contribution >= 0.6 is 0 Å². The Bertz CT molecular complexity index is 319. The first-order valence-corrected chi connectivity index (χ1v) is 6.17. The molecule has 0 saturated heterocycles. The topological polar surface area (TPSA) is 59.1 Å². The van der Waals surface area contributed by atoms with E-state index in [1.807, 2.05) is 19.9 Å². The van der Waals surface area contributed by atoms with E-state index < -0.39 is 0 Å². The molecule has 5 nitrogen and oxygen atoms in total. The van der Waals surface area contributed by atoms with E-state index in [1.54, 1.807) is 6.33 Å². The number of nitrogens with one attached hydrogen (secondary N) is 2. The van der Waals surface area contributed by atoms with Crippen molar-refractivity contribution >= 4 is 11.6 Å². The number of hydrogen-bond donors (Lipinski definition) is 2. The normalized spacial score (nSPS) is 12.2. The Morgan fingerprint density at radius 2 is 1.94 bits per heavy atom. The molecule has 0 aliphatic carbocycles. The zero-order valence-corrected chi connectivity index (χ0v) is 10.9. The first-order chi connectivity index (χ1) is 8.26. The maximum Gasteiger partial charge on any atom is 0.131 e. The molecule has 0 bridgehead atoms. The monoisotopic (exact) mass is 238 g/mol. The number of aromatic nitrogens is 2. The summed E-state index contributed by atoms with van der Waals surface area (Å²) in [6.07, 6.45) is 2.82. The van der Waals surface area contributed by atoms with Gasteiger partial charge in [0.05, 0.1) is 6.10 Å². The highest BCUT2D eigenvalue weighted by molar-refractivity contribution is 5.46. The summed E-state index contributed by atoms with van der Waals surface area (Å²) in [7, 11) is 0. The molecule has 0 amide bonds. The lowest BCUT2D eigenvalue weighted by atomic mass is 10.4. The minimum atomic E-state index is 0.182. The van der Waals surface area contributed by atoms with Gasteiger partial charge in [0.1, 0.15) is 18.0 Å². The van der Waals surface area contributed by atoms with Crippen molar-refractivity contribution < 1.29 is 4.74 Å². The molecule has 0 fully saturated rings. The summed E-state index contributed by atoms with van der Waals surface area (Å²) in [4.78, 5) is 8.31. The molecule has 0 aromatic carbocycles. The molecule has 0 saturated carbocycles. The number of nitrogens with zero attached hydrogens (tertiary/aromatic N) is 2. The smallest absolute Gasteiger partial charge is 0.131 e. The van der Waals surface area contributed by atoms with Gasteiger partial charge in [0.25, 0.3) is 0 Å². The third-order valence-corrected chi connectivity index (χ3v) is 2.25. The van der Waals surface area contributed by atoms with Crippen molar-refractivity contribution in [3.05, 3.63) is 12.4 Å². The lowest BCUT2D eigenvalue weighted by molar-refractivity contribution is 0.0855. The van der Waals surface area contributed by atoms with Gasteiger partial charge >= 0.3 is 0 Å². The molecule has 17 heavy (non-hydrogen) atoms. The molecule has 0 spiro atoms. The number of hydrogen-bond acceptors (Lipinski definition) is 5. The Labute approximate surface area is 103 Å². The average Bonchev–Trinajstić information content (AvgIpc) is 2.35. The van der Waals surface area contributed by atoms with Gasteiger partial charge in [0.15, 0.2) is 0 Å². The maximum atomic E-state index is 5.44. The zero-order chi connectivity index (χ0) is 12.5. The van der Waals surface area contributed by atoms with Crippen molar-refractivity contribution in [1.29, 1.82) is 0 Å². The minimum absolute atomic E-state index is 0.182. The molecule has 5 heteroatoms. The van der Waals surface area contributed by atoms with Crippen LogP contribution in [0.2, 0.25) is 0 Å². The van der Waals surface area contributed by atoms with Crippen molar-refractivity contribution in [2.24, 2.45) is 0 Å². The molecule has 96 valence electrons. The van der Waals surface area contributed by atoms with Crippen LogP contribution in [0.15, 0.2) is 12.4 Å². The van der Waals surface area contributed by atoms with Gasteiger partial charge in [-0.25, -0.2) is 9.97 Å². The zero-order valence-electron chi connectivity index (χ0n) is 10.9. The van der Waals surface area contributed by atoms with Crippen LogP contribution in [0.4, 0.5) is 11.6 Å². The van der Waals surface area contributed by atoms with Crippen molar-refractivity contribution in [1.82, 2.24) is 9.97 Å². The maximum absolute atomic E-state index is 5.44. The third kappa shape index (κ3) is 5.49. The summed E-state index contributed by atoms with van der Waals surface area (Å²) in [5.74, 6) is 1.68. The fourth-order valence-corrected chi connectivity index (χ4v) is 1.40. The van der Waals surface area contributed by atoms with Crippen LogP contribution in [0.1, 0.15) is 27.2 Å². The average molecular weight is 238 g/mol. The first-order valence-electron chi connectivity index (χ1n) is 6.17. The van der Waals surface area contributed by atoms with Gasteiger partial charge < -0.3 is 15.4 Å². The van der Waals surface area contributed by atoms with Gasteiger partial charge in [-0.1, -0.05) is 6.92 Å². The molecule has 1 rings (SSSR count). The van der Waals surface area contributed by atoms with Gasteiger partial charge in [-0.2, -0.15) is 0 Å². The molecule has 0 radical (unpaired) electrons. The molecule has 1 heterocycles. The summed E-state index contributed by atoms with van der Waals surface area (Å²) in [6.45, 7) is 8.55. The van der Waals surface area contributed by atoms with E-state index >= 15 is 0 Å². The van der Waals surface area contributed by atoms with Gasteiger partial charge in [0, 0.05) is 25.8 Å². The predicted molar refractivity (Wildman–Crippen MR) is 70.4 cm³/mol. The molecule has 1 atom stereocenters. The van der Waals surface area contributed by atoms with Gasteiger partial charge in [-0.05, 0) is 20.3 Å². The second kappa shape index (κ2) is 7.84. The van der Waals surface area contributed by atoms with Gasteiger partial charge in [0.2, 0.25) is 0 Å². The predicted octanol–water partition coefficient (Wildman–Crippen LogP) is 2.14. The molecular formula is C12H22N4O. The second-order valence-corrected chi connectivity index (χ2v) is 3.86. The minimum Gasteiger partial charge on any atom is -0.377 e. The first kappa shape index (κ1) is 13.7. The highest BCUT2D eigenvalue weighted by Crippen LogP contribution is 2.08. The summed E-state index contributed by atoms with van der Waals surface area (Å²) < 4.78 is 5.44. The molecule has 1 aromatic rings. The number of anilines is 2. The van der Waals surface area contributed by atoms with Crippen LogP contribution in [0.25, 0.3) is 0 Å². The van der Waals surface area contributed by atoms with E-state index in [1.165, 1.54) is 0 Å². The van der Waals surface area contributed by atoms with Crippen molar-refractivity contribution in [2.75, 3.05) is 30.3 Å². The lowest BCUT2D eigenvalue weighted by Crippen LogP contribution is -2.20. The highest BCUT2D eigenvalue weighted by atomic mass is 16.5. The fraction of sp³-hybridized carbons (Fsp3) is 0.667. The highest BCUT2D eigenvalue weighted by Gasteiger charge is 2.02. The Kier molecular flexibility index (Phi) is 6.32. The third-order valence-electron chi connectivity index (χ3n) is 2.25. The van der Waals surface area contributed by atoms with Crippen LogP contribution in [0.5, 0.6) is 0 Å². The van der Waals surface area contributed by atoms with E-state index in [4.69, 9.17) is 4.74 Å². The molecule has 2 N–H and O–H groups in total. The summed E-state index contributed by atoms with van der Waals surface area (Å²) in [6, 6.07) is 1.91. The second-order valence-electron chi connectivity index (χ2n) is 3.86. The van der Waals surface area contributed by atoms with Gasteiger partial charge in [-0.3, -0.25) is 0 Å². The summed E-state index contributed by atoms with van der Waals surface area (Å²) >= 11 is 0. The number of rotatable bonds is 8. The Hall–Kier alpha value is -1.36. The molecule has 0 aliphatic heterocycles. The van der Waals surface area contributed by atoms with Crippen molar-refractivity contribution in [2.45, 2.75) is 33.3 Å². The van der Waals surface area contributed by atoms with E-state index in [2.05, 4.69) is 27.5 Å². The van der Waals surface area contributed by atoms with Crippen molar-refractivity contribution in [3.8, 4) is 0 Å². The fourth-order valence-electron chi connectivity index (χ4n) is 1.40. The largest absolute Gasteiger partial charge is 0.377 e. The number of ether oxygens (including phenoxy) is 1. The van der Waals surface area contributed by atoms with Crippen LogP contribution in [0, 0.1) is 0 Å². The van der Waals surface area contributed by atoms with E-state index in [0.717, 1.165) is 37.8 Å². The Balaban J connectivity index is 2.42. The molecule has 1 aromatic heterocycles. The van der Waals surface area contributed by atoms with Crippen LogP contribution in [-0.4, -0.2) is 35.8 Å². The Morgan fingerprint density at radius 3 is 2.59 bits per heavy atom. The van der Waals surface area contributed by atoms with Crippen LogP contribution in [0.3, 0.4) is 0 Å². The van der Waals surface area contributed by atoms with E-state index in [9.17, 15) is 0 Å². The molecule has 0 aliphatic rings. The van der Waals surface area contributed by atoms with E-state index in [-0.39, 0.29) is 6.10 Å².